The molecule has 0 aliphatic heterocycles. The number of halogens is 1. The molecule has 0 fully saturated rings. The summed E-state index contributed by atoms with van der Waals surface area (Å²) in [4.78, 5) is 12.2. The van der Waals surface area contributed by atoms with E-state index in [1.165, 1.54) is 25.3 Å². The second kappa shape index (κ2) is 8.99. The van der Waals surface area contributed by atoms with E-state index >= 15 is 0 Å². The molecule has 0 spiro atoms. The van der Waals surface area contributed by atoms with Crippen molar-refractivity contribution in [2.24, 2.45) is 0 Å². The van der Waals surface area contributed by atoms with E-state index in [2.05, 4.69) is 11.7 Å². The van der Waals surface area contributed by atoms with E-state index in [4.69, 9.17) is 4.74 Å². The summed E-state index contributed by atoms with van der Waals surface area (Å²) in [5, 5.41) is 4.23. The van der Waals surface area contributed by atoms with E-state index in [-0.39, 0.29) is 5.57 Å². The van der Waals surface area contributed by atoms with Crippen LogP contribution in [0.15, 0.2) is 97.1 Å². The lowest BCUT2D eigenvalue weighted by Crippen LogP contribution is -2.33. The number of methoxy groups -OCH3 is 1. The predicted octanol–water partition coefficient (Wildman–Crippen LogP) is 4.11. The Balaban J connectivity index is 2.14. The first-order valence-electron chi connectivity index (χ1n) is 8.97. The number of carbonyl (C=O) groups is 1. The molecule has 1 N–H and O–H groups in total. The topological polar surface area (TPSA) is 55.4 Å². The molecule has 0 heterocycles. The Morgan fingerprint density at radius 1 is 0.966 bits per heavy atom. The van der Waals surface area contributed by atoms with Crippen LogP contribution >= 0.6 is 7.29 Å². The molecule has 0 bridgehead atoms. The van der Waals surface area contributed by atoms with E-state index in [1.54, 1.807) is 54.6 Å². The summed E-state index contributed by atoms with van der Waals surface area (Å²) >= 11 is 0. The van der Waals surface area contributed by atoms with Crippen molar-refractivity contribution in [1.29, 1.82) is 0 Å². The number of esters is 1. The molecule has 3 aromatic carbocycles. The summed E-state index contributed by atoms with van der Waals surface area (Å²) in [6.07, 6.45) is 0. The molecule has 0 aliphatic rings. The van der Waals surface area contributed by atoms with Gasteiger partial charge in [-0.3, -0.25) is 4.57 Å². The molecule has 0 aliphatic carbocycles. The minimum absolute atomic E-state index is 0.0326. The van der Waals surface area contributed by atoms with Crippen LogP contribution in [0.3, 0.4) is 0 Å². The van der Waals surface area contributed by atoms with Crippen molar-refractivity contribution >= 4 is 23.9 Å². The van der Waals surface area contributed by atoms with Gasteiger partial charge in [-0.2, -0.15) is 0 Å². The van der Waals surface area contributed by atoms with Gasteiger partial charge >= 0.3 is 5.97 Å². The van der Waals surface area contributed by atoms with Crippen molar-refractivity contribution in [3.05, 3.63) is 108 Å². The van der Waals surface area contributed by atoms with Gasteiger partial charge in [0.15, 0.2) is 0 Å². The monoisotopic (exact) mass is 409 g/mol. The SMILES string of the molecule is C=C(C(=O)OC)[C@H](NP(=O)(c1ccccc1)c1ccccc1)c1cccc(F)c1. The highest BCUT2D eigenvalue weighted by Crippen LogP contribution is 2.43. The van der Waals surface area contributed by atoms with Crippen molar-refractivity contribution in [3.63, 3.8) is 0 Å². The van der Waals surface area contributed by atoms with E-state index in [9.17, 15) is 13.8 Å². The van der Waals surface area contributed by atoms with Crippen LogP contribution in [-0.2, 0) is 14.1 Å². The number of benzene rings is 3. The summed E-state index contributed by atoms with van der Waals surface area (Å²) < 4.78 is 33.0. The Morgan fingerprint density at radius 3 is 2.00 bits per heavy atom. The van der Waals surface area contributed by atoms with Crippen molar-refractivity contribution in [2.45, 2.75) is 6.04 Å². The van der Waals surface area contributed by atoms with Crippen molar-refractivity contribution in [2.75, 3.05) is 7.11 Å². The number of nitrogens with one attached hydrogen (secondary N) is 1. The first-order chi connectivity index (χ1) is 14.0. The summed E-state index contributed by atoms with van der Waals surface area (Å²) in [5.41, 5.74) is 0.456. The molecule has 0 amide bonds. The Bertz CT molecular complexity index is 1010. The van der Waals surface area contributed by atoms with Gasteiger partial charge in [-0.25, -0.2) is 14.3 Å². The normalized spacial score (nSPS) is 12.2. The quantitative estimate of drug-likeness (QED) is 0.363. The summed E-state index contributed by atoms with van der Waals surface area (Å²) in [5.74, 6) is -1.14. The van der Waals surface area contributed by atoms with E-state index < -0.39 is 25.1 Å². The van der Waals surface area contributed by atoms with Crippen molar-refractivity contribution < 1.29 is 18.5 Å². The average molecular weight is 409 g/mol. The molecule has 0 unspecified atom stereocenters. The minimum Gasteiger partial charge on any atom is -0.466 e. The molecule has 1 atom stereocenters. The highest BCUT2D eigenvalue weighted by Gasteiger charge is 2.33. The fourth-order valence-electron chi connectivity index (χ4n) is 3.04. The van der Waals surface area contributed by atoms with Crippen LogP contribution in [0.5, 0.6) is 0 Å². The lowest BCUT2D eigenvalue weighted by Gasteiger charge is -2.28. The predicted molar refractivity (Wildman–Crippen MR) is 113 cm³/mol. The molecule has 148 valence electrons. The standard InChI is InChI=1S/C23H21FNO3P/c1-17(23(26)28-2)22(18-10-9-11-19(24)16-18)25-29(27,20-12-5-3-6-13-20)21-14-7-4-8-15-21/h3-16,22H,1H2,2H3,(H,25,27)/t22-/m0/s1. The molecule has 3 rings (SSSR count). The zero-order chi connectivity index (χ0) is 20.9. The average Bonchev–Trinajstić information content (AvgIpc) is 2.77. The largest absolute Gasteiger partial charge is 0.466 e. The van der Waals surface area contributed by atoms with Crippen LogP contribution in [0, 0.1) is 5.82 Å². The van der Waals surface area contributed by atoms with Gasteiger partial charge in [-0.1, -0.05) is 55.1 Å². The second-order valence-electron chi connectivity index (χ2n) is 6.41. The van der Waals surface area contributed by atoms with Crippen LogP contribution in [0.25, 0.3) is 0 Å². The zero-order valence-electron chi connectivity index (χ0n) is 15.9. The fraction of sp³-hybridized carbons (Fsp3) is 0.0870. The first kappa shape index (κ1) is 20.7. The molecule has 0 saturated heterocycles. The second-order valence-corrected chi connectivity index (χ2v) is 8.92. The molecule has 6 heteroatoms. The van der Waals surface area contributed by atoms with E-state index in [1.807, 2.05) is 12.1 Å². The van der Waals surface area contributed by atoms with Crippen LogP contribution < -0.4 is 15.7 Å². The van der Waals surface area contributed by atoms with Crippen LogP contribution in [0.2, 0.25) is 0 Å². The van der Waals surface area contributed by atoms with Crippen molar-refractivity contribution in [1.82, 2.24) is 5.09 Å². The molecule has 3 aromatic rings. The Hall–Kier alpha value is -3.01. The third-order valence-corrected chi connectivity index (χ3v) is 7.20. The van der Waals surface area contributed by atoms with Crippen molar-refractivity contribution in [3.8, 4) is 0 Å². The number of hydrogen-bond donors (Lipinski definition) is 1. The third kappa shape index (κ3) is 4.53. The number of hydrogen-bond acceptors (Lipinski definition) is 3. The number of carbonyl (C=O) groups excluding carboxylic acids is 1. The molecule has 0 saturated carbocycles. The number of rotatable bonds is 7. The van der Waals surface area contributed by atoms with E-state index in [0.717, 1.165) is 0 Å². The van der Waals surface area contributed by atoms with E-state index in [0.29, 0.717) is 16.2 Å². The summed E-state index contributed by atoms with van der Waals surface area (Å²) in [6, 6.07) is 22.7. The lowest BCUT2D eigenvalue weighted by molar-refractivity contribution is -0.136. The maximum Gasteiger partial charge on any atom is 0.335 e. The smallest absolute Gasteiger partial charge is 0.335 e. The minimum atomic E-state index is -3.41. The number of ether oxygens (including phenoxy) is 1. The highest BCUT2D eigenvalue weighted by molar-refractivity contribution is 7.76. The van der Waals surface area contributed by atoms with Crippen LogP contribution in [0.1, 0.15) is 11.6 Å². The third-order valence-electron chi connectivity index (χ3n) is 4.53. The Labute approximate surface area is 169 Å². The van der Waals surface area contributed by atoms with Crippen LogP contribution in [-0.4, -0.2) is 13.1 Å². The molecule has 0 aromatic heterocycles. The summed E-state index contributed by atoms with van der Waals surface area (Å²) in [7, 11) is -2.17. The Kier molecular flexibility index (Phi) is 6.42. The maximum absolute atomic E-state index is 14.3. The van der Waals surface area contributed by atoms with Gasteiger partial charge in [0, 0.05) is 10.6 Å². The van der Waals surface area contributed by atoms with Gasteiger partial charge in [-0.15, -0.1) is 0 Å². The molecular formula is C23H21FNO3P. The van der Waals surface area contributed by atoms with Crippen LogP contribution in [0.4, 0.5) is 4.39 Å². The van der Waals surface area contributed by atoms with Gasteiger partial charge in [-0.05, 0) is 42.0 Å². The highest BCUT2D eigenvalue weighted by atomic mass is 31.2. The van der Waals surface area contributed by atoms with Gasteiger partial charge in [0.05, 0.1) is 18.7 Å². The summed E-state index contributed by atoms with van der Waals surface area (Å²) in [6.45, 7) is 3.82. The molecular weight excluding hydrogens is 388 g/mol. The van der Waals surface area contributed by atoms with Gasteiger partial charge < -0.3 is 4.74 Å². The molecule has 0 radical (unpaired) electrons. The lowest BCUT2D eigenvalue weighted by atomic mass is 10.0. The molecule has 4 nitrogen and oxygen atoms in total. The maximum atomic E-state index is 14.3. The Morgan fingerprint density at radius 2 is 1.52 bits per heavy atom. The fourth-order valence-corrected chi connectivity index (χ4v) is 5.49. The van der Waals surface area contributed by atoms with Gasteiger partial charge in [0.25, 0.3) is 0 Å². The van der Waals surface area contributed by atoms with Gasteiger partial charge in [0.1, 0.15) is 5.82 Å². The van der Waals surface area contributed by atoms with Gasteiger partial charge in [0.2, 0.25) is 7.29 Å². The molecule has 29 heavy (non-hydrogen) atoms. The zero-order valence-corrected chi connectivity index (χ0v) is 16.8. The first-order valence-corrected chi connectivity index (χ1v) is 10.7.